The average molecular weight is 368 g/mol. The van der Waals surface area contributed by atoms with Gasteiger partial charge >= 0.3 is 6.18 Å². The monoisotopic (exact) mass is 367 g/mol. The Morgan fingerprint density at radius 2 is 1.84 bits per heavy atom. The third-order valence-corrected chi connectivity index (χ3v) is 3.61. The van der Waals surface area contributed by atoms with Crippen LogP contribution in [0, 0.1) is 0 Å². The molecule has 1 N–H and O–H groups in total. The van der Waals surface area contributed by atoms with E-state index in [0.717, 1.165) is 18.2 Å². The predicted octanol–water partition coefficient (Wildman–Crippen LogP) is 3.59. The quantitative estimate of drug-likeness (QED) is 0.768. The Morgan fingerprint density at radius 3 is 2.44 bits per heavy atom. The molecule has 3 aromatic rings. The molecule has 0 fully saturated rings. The number of hydrogen-bond acceptors (Lipinski definition) is 4. The highest BCUT2D eigenvalue weighted by molar-refractivity contribution is 6.34. The largest absolute Gasteiger partial charge is 0.416 e. The lowest BCUT2D eigenvalue weighted by atomic mass is 10.1. The van der Waals surface area contributed by atoms with E-state index < -0.39 is 17.6 Å². The van der Waals surface area contributed by atoms with Gasteiger partial charge in [-0.3, -0.25) is 4.79 Å². The molecular weight excluding hydrogens is 359 g/mol. The van der Waals surface area contributed by atoms with Gasteiger partial charge in [0.05, 0.1) is 22.0 Å². The van der Waals surface area contributed by atoms with E-state index >= 15 is 0 Å². The second kappa shape index (κ2) is 6.52. The predicted molar refractivity (Wildman–Crippen MR) is 83.6 cm³/mol. The Balaban J connectivity index is 1.80. The molecule has 3 rings (SSSR count). The van der Waals surface area contributed by atoms with Crippen molar-refractivity contribution in [3.8, 4) is 5.69 Å². The maximum atomic E-state index is 12.8. The zero-order valence-corrected chi connectivity index (χ0v) is 13.1. The number of halogens is 4. The van der Waals surface area contributed by atoms with Crippen molar-refractivity contribution < 1.29 is 18.0 Å². The summed E-state index contributed by atoms with van der Waals surface area (Å²) in [5.41, 5.74) is -0.156. The van der Waals surface area contributed by atoms with Crippen molar-refractivity contribution in [2.24, 2.45) is 0 Å². The van der Waals surface area contributed by atoms with Gasteiger partial charge in [-0.2, -0.15) is 13.2 Å². The van der Waals surface area contributed by atoms with Crippen molar-refractivity contribution in [3.63, 3.8) is 0 Å². The first-order valence-electron chi connectivity index (χ1n) is 6.86. The van der Waals surface area contributed by atoms with Crippen LogP contribution in [0.25, 0.3) is 5.69 Å². The van der Waals surface area contributed by atoms with E-state index in [-0.39, 0.29) is 16.3 Å². The number of nitrogens with one attached hydrogen (secondary N) is 1. The van der Waals surface area contributed by atoms with Gasteiger partial charge in [-0.05, 0) is 52.9 Å². The molecule has 0 atom stereocenters. The number of carbonyl (C=O) groups excluding carboxylic acids is 1. The van der Waals surface area contributed by atoms with Crippen LogP contribution in [-0.2, 0) is 6.18 Å². The molecule has 2 aromatic carbocycles. The normalized spacial score (nSPS) is 11.4. The lowest BCUT2D eigenvalue weighted by Gasteiger charge is -2.12. The van der Waals surface area contributed by atoms with E-state index in [1.807, 2.05) is 0 Å². The molecule has 1 aromatic heterocycles. The van der Waals surface area contributed by atoms with Crippen LogP contribution in [0.3, 0.4) is 0 Å². The standard InChI is InChI=1S/C15H9ClF3N5O/c16-12-6-3-10(15(17,18)19)7-13(12)21-14(25)9-1-4-11(5-2-9)24-8-20-22-23-24/h1-8H,(H,21,25). The molecule has 6 nitrogen and oxygen atoms in total. The number of tetrazole rings is 1. The first-order chi connectivity index (χ1) is 11.8. The van der Waals surface area contributed by atoms with E-state index in [1.165, 1.54) is 23.1 Å². The van der Waals surface area contributed by atoms with Crippen LogP contribution in [-0.4, -0.2) is 26.1 Å². The number of benzene rings is 2. The van der Waals surface area contributed by atoms with Gasteiger partial charge in [-0.1, -0.05) is 11.6 Å². The van der Waals surface area contributed by atoms with Crippen LogP contribution in [0.2, 0.25) is 5.02 Å². The minimum Gasteiger partial charge on any atom is -0.321 e. The Labute approximate surface area is 144 Å². The second-order valence-corrected chi connectivity index (χ2v) is 5.35. The summed E-state index contributed by atoms with van der Waals surface area (Å²) in [5.74, 6) is -0.593. The number of alkyl halides is 3. The van der Waals surface area contributed by atoms with Gasteiger partial charge < -0.3 is 5.32 Å². The third kappa shape index (κ3) is 3.77. The highest BCUT2D eigenvalue weighted by Gasteiger charge is 2.31. The van der Waals surface area contributed by atoms with Gasteiger partial charge in [-0.25, -0.2) is 4.68 Å². The number of anilines is 1. The summed E-state index contributed by atoms with van der Waals surface area (Å²) in [6.07, 6.45) is -3.14. The fourth-order valence-electron chi connectivity index (χ4n) is 2.04. The van der Waals surface area contributed by atoms with E-state index in [2.05, 4.69) is 20.8 Å². The van der Waals surface area contributed by atoms with Crippen LogP contribution >= 0.6 is 11.6 Å². The van der Waals surface area contributed by atoms with Gasteiger partial charge in [0.2, 0.25) is 0 Å². The van der Waals surface area contributed by atoms with E-state index in [1.54, 1.807) is 12.1 Å². The smallest absolute Gasteiger partial charge is 0.321 e. The molecule has 1 amide bonds. The van der Waals surface area contributed by atoms with Crippen molar-refractivity contribution in [3.05, 3.63) is 64.9 Å². The van der Waals surface area contributed by atoms with Crippen LogP contribution in [0.1, 0.15) is 15.9 Å². The molecule has 0 aliphatic heterocycles. The fourth-order valence-corrected chi connectivity index (χ4v) is 2.20. The summed E-state index contributed by atoms with van der Waals surface area (Å²) in [5, 5.41) is 13.1. The lowest BCUT2D eigenvalue weighted by molar-refractivity contribution is -0.137. The Hall–Kier alpha value is -2.94. The van der Waals surface area contributed by atoms with Crippen molar-refractivity contribution >= 4 is 23.2 Å². The molecule has 0 aliphatic carbocycles. The number of rotatable bonds is 3. The molecule has 0 aliphatic rings. The maximum absolute atomic E-state index is 12.8. The minimum atomic E-state index is -4.53. The number of carbonyl (C=O) groups is 1. The van der Waals surface area contributed by atoms with Crippen molar-refractivity contribution in [2.45, 2.75) is 6.18 Å². The number of amides is 1. The second-order valence-electron chi connectivity index (χ2n) is 4.95. The number of aromatic nitrogens is 4. The van der Waals surface area contributed by atoms with Gasteiger partial charge in [0.15, 0.2) is 0 Å². The zero-order chi connectivity index (χ0) is 18.0. The zero-order valence-electron chi connectivity index (χ0n) is 12.3. The van der Waals surface area contributed by atoms with E-state index in [4.69, 9.17) is 11.6 Å². The molecule has 25 heavy (non-hydrogen) atoms. The summed E-state index contributed by atoms with van der Waals surface area (Å²) in [4.78, 5) is 12.2. The SMILES string of the molecule is O=C(Nc1cc(C(F)(F)F)ccc1Cl)c1ccc(-n2cnnn2)cc1. The molecule has 0 saturated heterocycles. The lowest BCUT2D eigenvalue weighted by Crippen LogP contribution is -2.13. The van der Waals surface area contributed by atoms with Gasteiger partial charge in [0.25, 0.3) is 5.91 Å². The van der Waals surface area contributed by atoms with Crippen LogP contribution < -0.4 is 5.32 Å². The summed E-state index contributed by atoms with van der Waals surface area (Å²) < 4.78 is 39.7. The molecule has 0 unspecified atom stereocenters. The third-order valence-electron chi connectivity index (χ3n) is 3.28. The molecule has 10 heteroatoms. The van der Waals surface area contributed by atoms with Crippen molar-refractivity contribution in [1.29, 1.82) is 0 Å². The highest BCUT2D eigenvalue weighted by atomic mass is 35.5. The van der Waals surface area contributed by atoms with Gasteiger partial charge in [0, 0.05) is 5.56 Å². The Bertz CT molecular complexity index is 895. The van der Waals surface area contributed by atoms with E-state index in [0.29, 0.717) is 5.69 Å². The molecular formula is C15H9ClF3N5O. The maximum Gasteiger partial charge on any atom is 0.416 e. The van der Waals surface area contributed by atoms with Crippen LogP contribution in [0.15, 0.2) is 48.8 Å². The molecule has 0 radical (unpaired) electrons. The van der Waals surface area contributed by atoms with Crippen molar-refractivity contribution in [1.82, 2.24) is 20.2 Å². The number of nitrogens with zero attached hydrogens (tertiary/aromatic N) is 4. The topological polar surface area (TPSA) is 72.7 Å². The Morgan fingerprint density at radius 1 is 1.12 bits per heavy atom. The minimum absolute atomic E-state index is 0.00617. The summed E-state index contributed by atoms with van der Waals surface area (Å²) in [6, 6.07) is 8.90. The molecule has 1 heterocycles. The molecule has 0 bridgehead atoms. The fraction of sp³-hybridized carbons (Fsp3) is 0.0667. The Kier molecular flexibility index (Phi) is 4.41. The first-order valence-corrected chi connectivity index (χ1v) is 7.24. The van der Waals surface area contributed by atoms with E-state index in [9.17, 15) is 18.0 Å². The average Bonchev–Trinajstić information content (AvgIpc) is 3.10. The van der Waals surface area contributed by atoms with Gasteiger partial charge in [0.1, 0.15) is 6.33 Å². The molecule has 0 saturated carbocycles. The molecule has 128 valence electrons. The number of hydrogen-bond donors (Lipinski definition) is 1. The van der Waals surface area contributed by atoms with Gasteiger partial charge in [-0.15, -0.1) is 5.10 Å². The van der Waals surface area contributed by atoms with Crippen LogP contribution in [0.5, 0.6) is 0 Å². The van der Waals surface area contributed by atoms with Crippen molar-refractivity contribution in [2.75, 3.05) is 5.32 Å². The summed E-state index contributed by atoms with van der Waals surface area (Å²) >= 11 is 5.86. The summed E-state index contributed by atoms with van der Waals surface area (Å²) in [6.45, 7) is 0. The highest BCUT2D eigenvalue weighted by Crippen LogP contribution is 2.34. The summed E-state index contributed by atoms with van der Waals surface area (Å²) in [7, 11) is 0. The van der Waals surface area contributed by atoms with Crippen LogP contribution in [0.4, 0.5) is 18.9 Å². The first kappa shape index (κ1) is 16.9. The molecule has 0 spiro atoms.